The summed E-state index contributed by atoms with van der Waals surface area (Å²) in [5.74, 6) is 1.88. The maximum atomic E-state index is 12.5. The van der Waals surface area contributed by atoms with Gasteiger partial charge in [-0.15, -0.1) is 0 Å². The Morgan fingerprint density at radius 3 is 2.55 bits per heavy atom. The highest BCUT2D eigenvalue weighted by atomic mass is 16.3. The molecule has 1 atom stereocenters. The number of nitrogens with two attached hydrogens (primary N) is 1. The van der Waals surface area contributed by atoms with Gasteiger partial charge in [-0.3, -0.25) is 4.79 Å². The van der Waals surface area contributed by atoms with Crippen molar-refractivity contribution in [1.29, 1.82) is 0 Å². The van der Waals surface area contributed by atoms with Gasteiger partial charge in [0.15, 0.2) is 0 Å². The molecule has 0 aromatic carbocycles. The summed E-state index contributed by atoms with van der Waals surface area (Å²) in [6.07, 6.45) is 2.59. The Kier molecular flexibility index (Phi) is 4.23. The maximum Gasteiger partial charge on any atom is 0.224 e. The predicted molar refractivity (Wildman–Crippen MR) is 79.1 cm³/mol. The van der Waals surface area contributed by atoms with Crippen molar-refractivity contribution in [3.63, 3.8) is 0 Å². The number of amides is 1. The molecule has 0 aliphatic heterocycles. The van der Waals surface area contributed by atoms with Crippen LogP contribution in [-0.4, -0.2) is 22.9 Å². The smallest absolute Gasteiger partial charge is 0.224 e. The minimum atomic E-state index is -0.116. The lowest BCUT2D eigenvalue weighted by molar-refractivity contribution is -0.133. The zero-order valence-electron chi connectivity index (χ0n) is 13.0. The number of hydrogen-bond acceptors (Lipinski definition) is 3. The van der Waals surface area contributed by atoms with E-state index in [2.05, 4.69) is 20.8 Å². The molecule has 1 aromatic heterocycles. The van der Waals surface area contributed by atoms with Gasteiger partial charge in [0.25, 0.3) is 0 Å². The van der Waals surface area contributed by atoms with E-state index in [-0.39, 0.29) is 17.4 Å². The Bertz CT molecular complexity index is 469. The van der Waals surface area contributed by atoms with Gasteiger partial charge in [0.1, 0.15) is 11.5 Å². The number of carbonyl (C=O) groups is 1. The summed E-state index contributed by atoms with van der Waals surface area (Å²) in [7, 11) is 0. The monoisotopic (exact) mass is 278 g/mol. The zero-order valence-corrected chi connectivity index (χ0v) is 13.0. The molecule has 1 saturated carbocycles. The molecule has 0 spiro atoms. The molecule has 1 aliphatic rings. The molecule has 1 aliphatic carbocycles. The molecule has 112 valence electrons. The standard InChI is InChI=1S/C16H26N2O2/c1-11-5-8-13(20-11)10-18(12-6-7-12)15(19)9-14(17)16(2,3)4/h5,8,12,14H,6-7,9-10,17H2,1-4H3. The van der Waals surface area contributed by atoms with Crippen molar-refractivity contribution in [1.82, 2.24) is 4.90 Å². The van der Waals surface area contributed by atoms with Gasteiger partial charge < -0.3 is 15.1 Å². The number of nitrogens with zero attached hydrogens (tertiary/aromatic N) is 1. The topological polar surface area (TPSA) is 59.5 Å². The van der Waals surface area contributed by atoms with E-state index in [4.69, 9.17) is 10.2 Å². The van der Waals surface area contributed by atoms with Gasteiger partial charge in [-0.25, -0.2) is 0 Å². The summed E-state index contributed by atoms with van der Waals surface area (Å²) in [4.78, 5) is 14.4. The molecule has 4 nitrogen and oxygen atoms in total. The van der Waals surface area contributed by atoms with Crippen LogP contribution in [0.2, 0.25) is 0 Å². The van der Waals surface area contributed by atoms with Crippen molar-refractivity contribution in [3.05, 3.63) is 23.7 Å². The fraction of sp³-hybridized carbons (Fsp3) is 0.688. The minimum absolute atomic E-state index is 0.0495. The van der Waals surface area contributed by atoms with E-state index in [0.717, 1.165) is 24.4 Å². The van der Waals surface area contributed by atoms with Crippen LogP contribution in [0.1, 0.15) is 51.6 Å². The van der Waals surface area contributed by atoms with Crippen LogP contribution in [0.5, 0.6) is 0 Å². The molecule has 0 saturated heterocycles. The molecule has 1 aromatic rings. The number of aryl methyl sites for hydroxylation is 1. The highest BCUT2D eigenvalue weighted by Gasteiger charge is 2.35. The minimum Gasteiger partial charge on any atom is -0.464 e. The molecule has 1 unspecified atom stereocenters. The van der Waals surface area contributed by atoms with Crippen LogP contribution in [0.25, 0.3) is 0 Å². The van der Waals surface area contributed by atoms with Crippen LogP contribution < -0.4 is 5.73 Å². The predicted octanol–water partition coefficient (Wildman–Crippen LogP) is 2.84. The average molecular weight is 278 g/mol. The van der Waals surface area contributed by atoms with Gasteiger partial charge in [0.2, 0.25) is 5.91 Å². The summed E-state index contributed by atoms with van der Waals surface area (Å²) in [6.45, 7) is 8.70. The van der Waals surface area contributed by atoms with Crippen molar-refractivity contribution in [2.24, 2.45) is 11.1 Å². The SMILES string of the molecule is Cc1ccc(CN(C(=O)CC(N)C(C)(C)C)C2CC2)o1. The summed E-state index contributed by atoms with van der Waals surface area (Å²) in [5, 5.41) is 0. The van der Waals surface area contributed by atoms with Crippen molar-refractivity contribution >= 4 is 5.91 Å². The number of rotatable bonds is 5. The van der Waals surface area contributed by atoms with E-state index in [1.54, 1.807) is 0 Å². The van der Waals surface area contributed by atoms with Gasteiger partial charge in [-0.05, 0) is 37.3 Å². The third-order valence-corrected chi connectivity index (χ3v) is 3.94. The first-order chi connectivity index (χ1) is 9.27. The Morgan fingerprint density at radius 2 is 2.10 bits per heavy atom. The lowest BCUT2D eigenvalue weighted by Gasteiger charge is -2.29. The van der Waals surface area contributed by atoms with E-state index in [1.165, 1.54) is 0 Å². The molecule has 1 amide bonds. The van der Waals surface area contributed by atoms with Gasteiger partial charge in [-0.1, -0.05) is 20.8 Å². The molecule has 20 heavy (non-hydrogen) atoms. The second-order valence-corrected chi connectivity index (χ2v) is 6.94. The summed E-state index contributed by atoms with van der Waals surface area (Å²) in [5.41, 5.74) is 6.09. The molecule has 1 heterocycles. The van der Waals surface area contributed by atoms with Gasteiger partial charge in [-0.2, -0.15) is 0 Å². The van der Waals surface area contributed by atoms with Crippen LogP contribution >= 0.6 is 0 Å². The summed E-state index contributed by atoms with van der Waals surface area (Å²) in [6, 6.07) is 4.14. The second kappa shape index (κ2) is 5.60. The normalized spacial score (nSPS) is 17.1. The Hall–Kier alpha value is -1.29. The second-order valence-electron chi connectivity index (χ2n) is 6.94. The third kappa shape index (κ3) is 3.85. The molecule has 2 rings (SSSR count). The van der Waals surface area contributed by atoms with Crippen LogP contribution in [0.4, 0.5) is 0 Å². The largest absolute Gasteiger partial charge is 0.464 e. The number of furan rings is 1. The summed E-state index contributed by atoms with van der Waals surface area (Å²) >= 11 is 0. The fourth-order valence-corrected chi connectivity index (χ4v) is 2.16. The maximum absolute atomic E-state index is 12.5. The van der Waals surface area contributed by atoms with Crippen molar-refractivity contribution in [2.45, 2.75) is 65.6 Å². The van der Waals surface area contributed by atoms with Crippen molar-refractivity contribution < 1.29 is 9.21 Å². The third-order valence-electron chi connectivity index (χ3n) is 3.94. The van der Waals surface area contributed by atoms with E-state index in [9.17, 15) is 4.79 Å². The average Bonchev–Trinajstić information content (AvgIpc) is 3.08. The Labute approximate surface area is 121 Å². The van der Waals surface area contributed by atoms with Crippen molar-refractivity contribution in [3.8, 4) is 0 Å². The highest BCUT2D eigenvalue weighted by molar-refractivity contribution is 5.77. The molecule has 0 bridgehead atoms. The molecule has 1 fully saturated rings. The van der Waals surface area contributed by atoms with Gasteiger partial charge in [0.05, 0.1) is 6.54 Å². The lowest BCUT2D eigenvalue weighted by atomic mass is 9.85. The van der Waals surface area contributed by atoms with Crippen LogP contribution in [-0.2, 0) is 11.3 Å². The Balaban J connectivity index is 2.00. The first-order valence-corrected chi connectivity index (χ1v) is 7.37. The first-order valence-electron chi connectivity index (χ1n) is 7.37. The van der Waals surface area contributed by atoms with E-state index in [1.807, 2.05) is 24.0 Å². The Morgan fingerprint density at radius 1 is 1.45 bits per heavy atom. The number of carbonyl (C=O) groups excluding carboxylic acids is 1. The highest BCUT2D eigenvalue weighted by Crippen LogP contribution is 2.30. The van der Waals surface area contributed by atoms with E-state index in [0.29, 0.717) is 19.0 Å². The lowest BCUT2D eigenvalue weighted by Crippen LogP contribution is -2.42. The van der Waals surface area contributed by atoms with Crippen LogP contribution in [0.15, 0.2) is 16.5 Å². The molecule has 0 radical (unpaired) electrons. The quantitative estimate of drug-likeness (QED) is 0.901. The molecular formula is C16H26N2O2. The van der Waals surface area contributed by atoms with Crippen LogP contribution in [0, 0.1) is 12.3 Å². The van der Waals surface area contributed by atoms with E-state index < -0.39 is 0 Å². The molecule has 2 N–H and O–H groups in total. The van der Waals surface area contributed by atoms with Gasteiger partial charge >= 0.3 is 0 Å². The van der Waals surface area contributed by atoms with Gasteiger partial charge in [0, 0.05) is 18.5 Å². The fourth-order valence-electron chi connectivity index (χ4n) is 2.16. The van der Waals surface area contributed by atoms with E-state index >= 15 is 0 Å². The zero-order chi connectivity index (χ0) is 14.9. The first kappa shape index (κ1) is 15.1. The molecular weight excluding hydrogens is 252 g/mol. The summed E-state index contributed by atoms with van der Waals surface area (Å²) < 4.78 is 5.59. The van der Waals surface area contributed by atoms with Crippen molar-refractivity contribution in [2.75, 3.05) is 0 Å². The molecule has 4 heteroatoms. The van der Waals surface area contributed by atoms with Crippen LogP contribution in [0.3, 0.4) is 0 Å². The number of hydrogen-bond donors (Lipinski definition) is 1.